The number of aryl methyl sites for hydroxylation is 3. The fourth-order valence-electron chi connectivity index (χ4n) is 3.25. The molecule has 3 N–H and O–H groups in total. The van der Waals surface area contributed by atoms with Gasteiger partial charge < -0.3 is 15.0 Å². The first-order valence-electron chi connectivity index (χ1n) is 9.69. The standard InChI is InChI=1S/C20H26FN5O3S/c1-4-29-12-17-25-18-19(13(2)14(3)24-20(18)22)26(17)10-6-9-23-30(27,28)16-8-5-7-15(21)11-16/h5,7-8,11,23H,4,6,9-10,12H2,1-3H3,(H2,22,24). The molecule has 0 bridgehead atoms. The second-order valence-corrected chi connectivity index (χ2v) is 8.70. The van der Waals surface area contributed by atoms with E-state index in [-0.39, 0.29) is 11.4 Å². The van der Waals surface area contributed by atoms with Gasteiger partial charge in [-0.2, -0.15) is 0 Å². The first-order valence-corrected chi connectivity index (χ1v) is 11.2. The molecular formula is C20H26FN5O3S. The molecule has 2 aromatic heterocycles. The van der Waals surface area contributed by atoms with Gasteiger partial charge in [0.05, 0.1) is 10.4 Å². The predicted molar refractivity (Wildman–Crippen MR) is 113 cm³/mol. The first kappa shape index (κ1) is 22.1. The molecular weight excluding hydrogens is 409 g/mol. The molecule has 3 rings (SSSR count). The van der Waals surface area contributed by atoms with Crippen LogP contribution in [0.4, 0.5) is 10.2 Å². The van der Waals surface area contributed by atoms with Crippen molar-refractivity contribution >= 4 is 26.9 Å². The van der Waals surface area contributed by atoms with Crippen LogP contribution >= 0.6 is 0 Å². The number of aromatic nitrogens is 3. The molecule has 30 heavy (non-hydrogen) atoms. The molecule has 0 unspecified atom stereocenters. The van der Waals surface area contributed by atoms with Crippen molar-refractivity contribution in [3.8, 4) is 0 Å². The van der Waals surface area contributed by atoms with Gasteiger partial charge in [0.2, 0.25) is 10.0 Å². The summed E-state index contributed by atoms with van der Waals surface area (Å²) < 4.78 is 48.1. The number of hydrogen-bond acceptors (Lipinski definition) is 6. The van der Waals surface area contributed by atoms with E-state index < -0.39 is 15.8 Å². The maximum Gasteiger partial charge on any atom is 0.240 e. The zero-order valence-corrected chi connectivity index (χ0v) is 18.1. The molecule has 10 heteroatoms. The molecule has 0 amide bonds. The van der Waals surface area contributed by atoms with Crippen LogP contribution in [-0.2, 0) is 27.9 Å². The number of pyridine rings is 1. The second-order valence-electron chi connectivity index (χ2n) is 6.93. The molecule has 0 radical (unpaired) electrons. The van der Waals surface area contributed by atoms with E-state index in [4.69, 9.17) is 10.5 Å². The van der Waals surface area contributed by atoms with E-state index in [2.05, 4.69) is 14.7 Å². The van der Waals surface area contributed by atoms with Crippen LogP contribution in [-0.4, -0.2) is 36.1 Å². The lowest BCUT2D eigenvalue weighted by molar-refractivity contribution is 0.126. The van der Waals surface area contributed by atoms with Crippen LogP contribution in [0.3, 0.4) is 0 Å². The summed E-state index contributed by atoms with van der Waals surface area (Å²) in [6.45, 7) is 7.30. The Morgan fingerprint density at radius 1 is 1.27 bits per heavy atom. The van der Waals surface area contributed by atoms with Crippen molar-refractivity contribution in [2.24, 2.45) is 0 Å². The molecule has 0 saturated carbocycles. The van der Waals surface area contributed by atoms with Crippen LogP contribution in [0.2, 0.25) is 0 Å². The number of rotatable bonds is 9. The lowest BCUT2D eigenvalue weighted by atomic mass is 10.2. The molecule has 0 aliphatic heterocycles. The Bertz CT molecular complexity index is 1160. The zero-order valence-electron chi connectivity index (χ0n) is 17.3. The molecule has 0 fully saturated rings. The van der Waals surface area contributed by atoms with Crippen molar-refractivity contribution in [3.05, 3.63) is 47.2 Å². The average molecular weight is 436 g/mol. The summed E-state index contributed by atoms with van der Waals surface area (Å²) in [6.07, 6.45) is 0.500. The fraction of sp³-hybridized carbons (Fsp3) is 0.400. The van der Waals surface area contributed by atoms with Gasteiger partial charge in [0, 0.05) is 25.4 Å². The van der Waals surface area contributed by atoms with Crippen molar-refractivity contribution in [1.29, 1.82) is 0 Å². The molecule has 162 valence electrons. The summed E-state index contributed by atoms with van der Waals surface area (Å²) in [5.41, 5.74) is 9.35. The summed E-state index contributed by atoms with van der Waals surface area (Å²) in [7, 11) is -3.78. The van der Waals surface area contributed by atoms with Gasteiger partial charge >= 0.3 is 0 Å². The monoisotopic (exact) mass is 435 g/mol. The van der Waals surface area contributed by atoms with Gasteiger partial charge in [-0.25, -0.2) is 27.5 Å². The number of imidazole rings is 1. The molecule has 8 nitrogen and oxygen atoms in total. The Hall–Kier alpha value is -2.56. The van der Waals surface area contributed by atoms with Gasteiger partial charge in [0.25, 0.3) is 0 Å². The number of anilines is 1. The highest BCUT2D eigenvalue weighted by molar-refractivity contribution is 7.89. The number of hydrogen-bond donors (Lipinski definition) is 2. The van der Waals surface area contributed by atoms with Crippen LogP contribution < -0.4 is 10.5 Å². The van der Waals surface area contributed by atoms with Crippen LogP contribution in [0.5, 0.6) is 0 Å². The molecule has 0 aliphatic rings. The van der Waals surface area contributed by atoms with E-state index in [0.717, 1.165) is 22.8 Å². The van der Waals surface area contributed by atoms with Gasteiger partial charge in [0.1, 0.15) is 23.8 Å². The SMILES string of the molecule is CCOCc1nc2c(N)nc(C)c(C)c2n1CCCNS(=O)(=O)c1cccc(F)c1. The quantitative estimate of drug-likeness (QED) is 0.500. The molecule has 0 aliphatic carbocycles. The molecule has 1 aromatic carbocycles. The van der Waals surface area contributed by atoms with Gasteiger partial charge in [-0.1, -0.05) is 6.07 Å². The fourth-order valence-corrected chi connectivity index (χ4v) is 4.36. The average Bonchev–Trinajstić information content (AvgIpc) is 3.07. The number of halogens is 1. The molecule has 0 saturated heterocycles. The molecule has 0 spiro atoms. The van der Waals surface area contributed by atoms with Crippen molar-refractivity contribution in [3.63, 3.8) is 0 Å². The Morgan fingerprint density at radius 2 is 2.03 bits per heavy atom. The number of ether oxygens (including phenoxy) is 1. The van der Waals surface area contributed by atoms with Crippen molar-refractivity contribution in [2.75, 3.05) is 18.9 Å². The van der Waals surface area contributed by atoms with Gasteiger partial charge in [-0.15, -0.1) is 0 Å². The zero-order chi connectivity index (χ0) is 21.9. The van der Waals surface area contributed by atoms with E-state index in [1.54, 1.807) is 0 Å². The smallest absolute Gasteiger partial charge is 0.240 e. The number of benzene rings is 1. The van der Waals surface area contributed by atoms with E-state index in [9.17, 15) is 12.8 Å². The number of nitrogens with one attached hydrogen (secondary N) is 1. The Labute approximate surface area is 175 Å². The lowest BCUT2D eigenvalue weighted by Crippen LogP contribution is -2.26. The van der Waals surface area contributed by atoms with E-state index in [1.165, 1.54) is 18.2 Å². The summed E-state index contributed by atoms with van der Waals surface area (Å²) in [4.78, 5) is 8.85. The number of sulfonamides is 1. The van der Waals surface area contributed by atoms with Crippen LogP contribution in [0.1, 0.15) is 30.4 Å². The van der Waals surface area contributed by atoms with E-state index in [1.807, 2.05) is 25.3 Å². The summed E-state index contributed by atoms with van der Waals surface area (Å²) in [5.74, 6) is 0.471. The maximum absolute atomic E-state index is 13.3. The minimum atomic E-state index is -3.78. The summed E-state index contributed by atoms with van der Waals surface area (Å²) in [6, 6.07) is 4.92. The van der Waals surface area contributed by atoms with Crippen molar-refractivity contribution < 1.29 is 17.5 Å². The second kappa shape index (κ2) is 9.07. The molecule has 0 atom stereocenters. The van der Waals surface area contributed by atoms with Gasteiger partial charge in [-0.3, -0.25) is 0 Å². The minimum Gasteiger partial charge on any atom is -0.382 e. The number of nitrogens with zero attached hydrogens (tertiary/aromatic N) is 3. The highest BCUT2D eigenvalue weighted by Crippen LogP contribution is 2.26. The van der Waals surface area contributed by atoms with Crippen molar-refractivity contribution in [2.45, 2.75) is 45.2 Å². The molecule has 3 aromatic rings. The largest absolute Gasteiger partial charge is 0.382 e. The van der Waals surface area contributed by atoms with E-state index >= 15 is 0 Å². The van der Waals surface area contributed by atoms with E-state index in [0.29, 0.717) is 43.3 Å². The number of nitrogens with two attached hydrogens (primary N) is 1. The summed E-state index contributed by atoms with van der Waals surface area (Å²) in [5, 5.41) is 0. The first-order chi connectivity index (χ1) is 14.2. The Morgan fingerprint density at radius 3 is 2.73 bits per heavy atom. The van der Waals surface area contributed by atoms with Gasteiger partial charge in [0.15, 0.2) is 5.82 Å². The molecule has 2 heterocycles. The van der Waals surface area contributed by atoms with Crippen LogP contribution in [0.15, 0.2) is 29.2 Å². The Kier molecular flexibility index (Phi) is 6.69. The highest BCUT2D eigenvalue weighted by atomic mass is 32.2. The third kappa shape index (κ3) is 4.61. The van der Waals surface area contributed by atoms with Crippen molar-refractivity contribution in [1.82, 2.24) is 19.3 Å². The topological polar surface area (TPSA) is 112 Å². The number of nitrogen functional groups attached to an aromatic ring is 1. The van der Waals surface area contributed by atoms with Crippen LogP contribution in [0, 0.1) is 19.7 Å². The maximum atomic E-state index is 13.3. The number of fused-ring (bicyclic) bond motifs is 1. The minimum absolute atomic E-state index is 0.0991. The third-order valence-electron chi connectivity index (χ3n) is 4.87. The predicted octanol–water partition coefficient (Wildman–Crippen LogP) is 2.67. The highest BCUT2D eigenvalue weighted by Gasteiger charge is 2.18. The third-order valence-corrected chi connectivity index (χ3v) is 6.33. The lowest BCUT2D eigenvalue weighted by Gasteiger charge is -2.12. The normalized spacial score (nSPS) is 12.0. The van der Waals surface area contributed by atoms with Gasteiger partial charge in [-0.05, 0) is 51.0 Å². The van der Waals surface area contributed by atoms with Crippen LogP contribution in [0.25, 0.3) is 11.0 Å². The Balaban J connectivity index is 1.79. The summed E-state index contributed by atoms with van der Waals surface area (Å²) >= 11 is 0.